The highest BCUT2D eigenvalue weighted by Crippen LogP contribution is 2.48. The van der Waals surface area contributed by atoms with E-state index in [0.717, 1.165) is 54.2 Å². The molecule has 3 aromatic rings. The number of hydrogen-bond acceptors (Lipinski definition) is 5. The molecular weight excluding hydrogens is 544 g/mol. The van der Waals surface area contributed by atoms with Crippen molar-refractivity contribution in [3.05, 3.63) is 70.4 Å². The number of methoxy groups -OCH3 is 1. The van der Waals surface area contributed by atoms with Gasteiger partial charge in [-0.05, 0) is 60.7 Å². The van der Waals surface area contributed by atoms with Gasteiger partial charge in [0.1, 0.15) is 18.1 Å². The largest absolute Gasteiger partial charge is 0.497 e. The third-order valence-corrected chi connectivity index (χ3v) is 9.19. The van der Waals surface area contributed by atoms with Crippen molar-refractivity contribution >= 4 is 41.0 Å². The highest BCUT2D eigenvalue weighted by Gasteiger charge is 2.40. The zero-order valence-corrected chi connectivity index (χ0v) is 25.4. The molecule has 1 fully saturated rings. The summed E-state index contributed by atoms with van der Waals surface area (Å²) in [6, 6.07) is 15.4. The van der Waals surface area contributed by atoms with Crippen LogP contribution in [0.15, 0.2) is 48.5 Å². The number of hydrogen-bond donors (Lipinski definition) is 0. The molecule has 2 aromatic carbocycles. The van der Waals surface area contributed by atoms with Crippen LogP contribution in [-0.4, -0.2) is 59.0 Å². The molecule has 0 saturated carbocycles. The van der Waals surface area contributed by atoms with Crippen molar-refractivity contribution in [1.29, 1.82) is 0 Å². The molecule has 212 valence electrons. The highest BCUT2D eigenvalue weighted by molar-refractivity contribution is 8.00. The number of halogens is 1. The first kappa shape index (κ1) is 28.6. The van der Waals surface area contributed by atoms with Crippen LogP contribution in [0.2, 0.25) is 5.02 Å². The summed E-state index contributed by atoms with van der Waals surface area (Å²) < 4.78 is 7.22. The molecule has 7 nitrogen and oxygen atoms in total. The first-order chi connectivity index (χ1) is 19.1. The Hall–Kier alpha value is -2.97. The van der Waals surface area contributed by atoms with Gasteiger partial charge in [-0.15, -0.1) is 11.8 Å². The summed E-state index contributed by atoms with van der Waals surface area (Å²) in [6.07, 6.45) is 1.96. The summed E-state index contributed by atoms with van der Waals surface area (Å²) in [6.45, 7) is 10.0. The summed E-state index contributed by atoms with van der Waals surface area (Å²) in [4.78, 5) is 31.1. The minimum absolute atomic E-state index is 0.0194. The SMILES string of the molecule is COc1ccc(-n2nc(C(C)(C)C)c3c2N(CC(=O)N2CCC(C)CC2)C(=O)CS[C@H]3c2cccc(Cl)c2)cc1. The van der Waals surface area contributed by atoms with Gasteiger partial charge in [0.05, 0.1) is 29.5 Å². The van der Waals surface area contributed by atoms with Crippen molar-refractivity contribution in [2.75, 3.05) is 37.4 Å². The highest BCUT2D eigenvalue weighted by atomic mass is 35.5. The van der Waals surface area contributed by atoms with Gasteiger partial charge in [0.25, 0.3) is 0 Å². The number of aromatic nitrogens is 2. The summed E-state index contributed by atoms with van der Waals surface area (Å²) in [7, 11) is 1.63. The average molecular weight is 581 g/mol. The van der Waals surface area contributed by atoms with Crippen LogP contribution in [0, 0.1) is 5.92 Å². The molecule has 3 heterocycles. The predicted molar refractivity (Wildman–Crippen MR) is 162 cm³/mol. The standard InChI is InChI=1S/C31H37ClN4O3S/c1-20-13-15-34(16-14-20)25(37)18-35-26(38)19-40-28(21-7-6-8-22(32)17-21)27-29(31(2,3)4)33-36(30(27)35)23-9-11-24(39-5)12-10-23/h6-12,17,20,28H,13-16,18-19H2,1-5H3/t28-/m0/s1. The van der Waals surface area contributed by atoms with Crippen molar-refractivity contribution in [3.8, 4) is 11.4 Å². The minimum atomic E-state index is -0.328. The topological polar surface area (TPSA) is 67.7 Å². The lowest BCUT2D eigenvalue weighted by Gasteiger charge is -2.32. The molecule has 0 radical (unpaired) electrons. The lowest BCUT2D eigenvalue weighted by Crippen LogP contribution is -2.46. The van der Waals surface area contributed by atoms with Gasteiger partial charge >= 0.3 is 0 Å². The number of amides is 2. The molecule has 1 saturated heterocycles. The Morgan fingerprint density at radius 2 is 1.82 bits per heavy atom. The van der Waals surface area contributed by atoms with Crippen LogP contribution in [0.4, 0.5) is 5.82 Å². The molecule has 2 aliphatic heterocycles. The van der Waals surface area contributed by atoms with Crippen molar-refractivity contribution < 1.29 is 14.3 Å². The molecule has 40 heavy (non-hydrogen) atoms. The van der Waals surface area contributed by atoms with Gasteiger partial charge in [-0.25, -0.2) is 4.68 Å². The van der Waals surface area contributed by atoms with Gasteiger partial charge in [0.2, 0.25) is 11.8 Å². The summed E-state index contributed by atoms with van der Waals surface area (Å²) in [5, 5.41) is 5.61. The number of carbonyl (C=O) groups excluding carboxylic acids is 2. The van der Waals surface area contributed by atoms with E-state index in [1.807, 2.05) is 58.1 Å². The smallest absolute Gasteiger partial charge is 0.242 e. The first-order valence-corrected chi connectivity index (χ1v) is 15.2. The van der Waals surface area contributed by atoms with Crippen LogP contribution in [0.3, 0.4) is 0 Å². The Balaban J connectivity index is 1.70. The van der Waals surface area contributed by atoms with E-state index in [1.54, 1.807) is 23.8 Å². The zero-order chi connectivity index (χ0) is 28.6. The van der Waals surface area contributed by atoms with Crippen LogP contribution in [0.25, 0.3) is 5.69 Å². The quantitative estimate of drug-likeness (QED) is 0.356. The van der Waals surface area contributed by atoms with E-state index in [0.29, 0.717) is 16.8 Å². The maximum Gasteiger partial charge on any atom is 0.242 e. The Bertz CT molecular complexity index is 1390. The van der Waals surface area contributed by atoms with Crippen molar-refractivity contribution in [1.82, 2.24) is 14.7 Å². The number of rotatable bonds is 5. The van der Waals surface area contributed by atoms with Crippen LogP contribution in [0.5, 0.6) is 5.75 Å². The number of benzene rings is 2. The second-order valence-electron chi connectivity index (χ2n) is 11.7. The molecule has 0 aliphatic carbocycles. The summed E-state index contributed by atoms with van der Waals surface area (Å²) in [5.41, 5.74) is 3.30. The number of carbonyl (C=O) groups is 2. The predicted octanol–water partition coefficient (Wildman–Crippen LogP) is 6.26. The second-order valence-corrected chi connectivity index (χ2v) is 13.3. The molecule has 1 atom stereocenters. The molecule has 0 spiro atoms. The average Bonchev–Trinajstić information content (AvgIpc) is 3.26. The van der Waals surface area contributed by atoms with E-state index in [2.05, 4.69) is 27.7 Å². The normalized spacial score (nSPS) is 18.4. The van der Waals surface area contributed by atoms with Gasteiger partial charge in [-0.3, -0.25) is 14.5 Å². The molecule has 0 N–H and O–H groups in total. The number of fused-ring (bicyclic) bond motifs is 1. The summed E-state index contributed by atoms with van der Waals surface area (Å²) in [5.74, 6) is 2.09. The molecular formula is C31H37ClN4O3S. The molecule has 0 bridgehead atoms. The lowest BCUT2D eigenvalue weighted by molar-refractivity contribution is -0.132. The molecule has 0 unspecified atom stereocenters. The number of likely N-dealkylation sites (tertiary alicyclic amines) is 1. The second kappa shape index (κ2) is 11.5. The van der Waals surface area contributed by atoms with Crippen LogP contribution in [0.1, 0.15) is 62.6 Å². The fraction of sp³-hybridized carbons (Fsp3) is 0.452. The molecule has 2 aliphatic rings. The van der Waals surface area contributed by atoms with Gasteiger partial charge < -0.3 is 9.64 Å². The van der Waals surface area contributed by atoms with E-state index in [1.165, 1.54) is 0 Å². The Morgan fingerprint density at radius 3 is 2.45 bits per heavy atom. The fourth-order valence-electron chi connectivity index (χ4n) is 5.40. The Morgan fingerprint density at radius 1 is 1.12 bits per heavy atom. The maximum atomic E-state index is 13.9. The van der Waals surface area contributed by atoms with E-state index >= 15 is 0 Å². The lowest BCUT2D eigenvalue weighted by atomic mass is 9.87. The van der Waals surface area contributed by atoms with E-state index < -0.39 is 0 Å². The maximum absolute atomic E-state index is 13.9. The van der Waals surface area contributed by atoms with Gasteiger partial charge in [-0.1, -0.05) is 51.4 Å². The molecule has 1 aromatic heterocycles. The van der Waals surface area contributed by atoms with Crippen molar-refractivity contribution in [2.24, 2.45) is 5.92 Å². The van der Waals surface area contributed by atoms with Crippen LogP contribution >= 0.6 is 23.4 Å². The number of anilines is 1. The number of ether oxygens (including phenoxy) is 1. The molecule has 2 amide bonds. The Labute approximate surface area is 245 Å². The van der Waals surface area contributed by atoms with E-state index in [-0.39, 0.29) is 34.8 Å². The van der Waals surface area contributed by atoms with Crippen molar-refractivity contribution in [2.45, 2.75) is 51.2 Å². The van der Waals surface area contributed by atoms with E-state index in [4.69, 9.17) is 21.4 Å². The van der Waals surface area contributed by atoms with Gasteiger partial charge in [-0.2, -0.15) is 5.10 Å². The third-order valence-electron chi connectivity index (χ3n) is 7.70. The van der Waals surface area contributed by atoms with Gasteiger partial charge in [0.15, 0.2) is 0 Å². The Kier molecular flexibility index (Phi) is 8.20. The molecule has 5 rings (SSSR count). The number of thioether (sulfide) groups is 1. The van der Waals surface area contributed by atoms with Crippen molar-refractivity contribution in [3.63, 3.8) is 0 Å². The minimum Gasteiger partial charge on any atom is -0.497 e. The molecule has 9 heteroatoms. The monoisotopic (exact) mass is 580 g/mol. The van der Waals surface area contributed by atoms with E-state index in [9.17, 15) is 9.59 Å². The number of piperidine rings is 1. The zero-order valence-electron chi connectivity index (χ0n) is 23.8. The van der Waals surface area contributed by atoms with Crippen LogP contribution in [-0.2, 0) is 15.0 Å². The summed E-state index contributed by atoms with van der Waals surface area (Å²) >= 11 is 8.00. The third kappa shape index (κ3) is 5.75. The fourth-order valence-corrected chi connectivity index (χ4v) is 6.79. The van der Waals surface area contributed by atoms with Crippen LogP contribution < -0.4 is 9.64 Å². The number of nitrogens with zero attached hydrogens (tertiary/aromatic N) is 4. The first-order valence-electron chi connectivity index (χ1n) is 13.8. The van der Waals surface area contributed by atoms with Gasteiger partial charge in [0, 0.05) is 29.1 Å².